The van der Waals surface area contributed by atoms with Crippen molar-refractivity contribution in [1.29, 1.82) is 0 Å². The van der Waals surface area contributed by atoms with Crippen molar-refractivity contribution in [3.8, 4) is 0 Å². The second-order valence-electron chi connectivity index (χ2n) is 12.8. The Hall–Kier alpha value is -0.730. The van der Waals surface area contributed by atoms with Crippen LogP contribution in [0.2, 0.25) is 0 Å². The van der Waals surface area contributed by atoms with E-state index >= 15 is 0 Å². The average Bonchev–Trinajstić information content (AvgIpc) is 3.03. The molecule has 8 atom stereocenters. The van der Waals surface area contributed by atoms with Crippen LogP contribution in [0.5, 0.6) is 0 Å². The molecule has 0 radical (unpaired) electrons. The zero-order chi connectivity index (χ0) is 25.3. The minimum Gasteiger partial charge on any atom is -0.396 e. The van der Waals surface area contributed by atoms with Crippen molar-refractivity contribution < 1.29 is 19.8 Å². The molecule has 0 aromatic heterocycles. The molecule has 202 valence electrons. The molecule has 0 heterocycles. The smallest absolute Gasteiger partial charge is 0.118 e. The average molecular weight is 494 g/mol. The highest BCUT2D eigenvalue weighted by atomic mass is 16.6. The highest BCUT2D eigenvalue weighted by Gasteiger charge is 2.71. The third-order valence-electron chi connectivity index (χ3n) is 10.9. The van der Waals surface area contributed by atoms with Gasteiger partial charge in [-0.2, -0.15) is 0 Å². The van der Waals surface area contributed by atoms with Crippen LogP contribution in [-0.4, -0.2) is 79.0 Å². The largest absolute Gasteiger partial charge is 0.396 e. The van der Waals surface area contributed by atoms with Crippen LogP contribution in [0.4, 0.5) is 0 Å². The zero-order valence-electron chi connectivity index (χ0n) is 22.7. The van der Waals surface area contributed by atoms with E-state index in [9.17, 15) is 10.2 Å². The molecule has 0 bridgehead atoms. The number of ether oxygens (including phenoxy) is 1. The molecule has 0 aromatic carbocycles. The number of rotatable bonds is 10. The van der Waals surface area contributed by atoms with Gasteiger partial charge in [-0.15, -0.1) is 0 Å². The Labute approximate surface area is 212 Å². The molecule has 4 fully saturated rings. The quantitative estimate of drug-likeness (QED) is 0.244. The van der Waals surface area contributed by atoms with Gasteiger partial charge in [-0.1, -0.05) is 19.0 Å². The van der Waals surface area contributed by atoms with E-state index in [-0.39, 0.29) is 11.3 Å². The molecule has 0 aromatic rings. The highest BCUT2D eigenvalue weighted by Crippen LogP contribution is 2.69. The molecule has 0 amide bonds. The Morgan fingerprint density at radius 2 is 1.77 bits per heavy atom. The first-order valence-electron chi connectivity index (χ1n) is 14.2. The molecule has 0 saturated heterocycles. The first kappa shape index (κ1) is 27.3. The lowest BCUT2D eigenvalue weighted by atomic mass is 9.43. The van der Waals surface area contributed by atoms with Gasteiger partial charge in [-0.05, 0) is 114 Å². The zero-order valence-corrected chi connectivity index (χ0v) is 22.7. The Morgan fingerprint density at radius 1 is 0.971 bits per heavy atom. The lowest BCUT2D eigenvalue weighted by molar-refractivity contribution is -0.225. The van der Waals surface area contributed by atoms with Crippen LogP contribution in [-0.2, 0) is 9.57 Å². The monoisotopic (exact) mass is 493 g/mol. The van der Waals surface area contributed by atoms with Gasteiger partial charge in [0, 0.05) is 18.6 Å². The van der Waals surface area contributed by atoms with Gasteiger partial charge in [0.2, 0.25) is 0 Å². The van der Waals surface area contributed by atoms with Gasteiger partial charge in [0.05, 0.1) is 17.9 Å². The second kappa shape index (κ2) is 10.6. The van der Waals surface area contributed by atoms with Gasteiger partial charge in [0.1, 0.15) is 12.2 Å². The van der Waals surface area contributed by atoms with E-state index in [1.54, 1.807) is 6.21 Å². The van der Waals surface area contributed by atoms with Crippen molar-refractivity contribution in [3.05, 3.63) is 0 Å². The predicted octanol–water partition coefficient (Wildman–Crippen LogP) is 3.56. The molecule has 7 heteroatoms. The van der Waals surface area contributed by atoms with E-state index < -0.39 is 16.6 Å². The van der Waals surface area contributed by atoms with Gasteiger partial charge in [-0.25, -0.2) is 0 Å². The van der Waals surface area contributed by atoms with Crippen molar-refractivity contribution in [2.45, 2.75) is 102 Å². The van der Waals surface area contributed by atoms with E-state index in [4.69, 9.17) is 15.3 Å². The molecule has 4 saturated carbocycles. The van der Waals surface area contributed by atoms with Crippen LogP contribution in [0.1, 0.15) is 84.5 Å². The maximum atomic E-state index is 12.3. The number of hydrogen-bond donors (Lipinski definition) is 3. The van der Waals surface area contributed by atoms with Gasteiger partial charge in [-0.3, -0.25) is 0 Å². The number of oxime groups is 1. The fraction of sp³-hybridized carbons (Fsp3) is 0.964. The number of aliphatic hydroxyl groups is 2. The summed E-state index contributed by atoms with van der Waals surface area (Å²) in [7, 11) is 4.08. The topological polar surface area (TPSA) is 101 Å². The van der Waals surface area contributed by atoms with E-state index in [2.05, 4.69) is 23.9 Å². The van der Waals surface area contributed by atoms with Crippen LogP contribution in [0.3, 0.4) is 0 Å². The van der Waals surface area contributed by atoms with Crippen molar-refractivity contribution in [2.75, 3.05) is 40.4 Å². The number of nitrogens with two attached hydrogens (primary N) is 1. The Kier molecular flexibility index (Phi) is 8.24. The van der Waals surface area contributed by atoms with Crippen LogP contribution in [0.25, 0.3) is 0 Å². The summed E-state index contributed by atoms with van der Waals surface area (Å²) < 4.78 is 6.17. The molecule has 0 spiro atoms. The summed E-state index contributed by atoms with van der Waals surface area (Å²) in [6.07, 6.45) is 12.5. The van der Waals surface area contributed by atoms with Crippen LogP contribution < -0.4 is 5.73 Å². The lowest BCUT2D eigenvalue weighted by Gasteiger charge is -2.64. The SMILES string of the molecule is CN(C)CCCO/N=C/[C@@]1(O)CC[C@]2(O)[C@@H]3CC[C@@H]4C[C@@H](OCCCN)CC[C@]4(C)[C@H]3CC[C@]12C. The molecular formula is C28H51N3O4. The van der Waals surface area contributed by atoms with Crippen LogP contribution in [0, 0.1) is 28.6 Å². The lowest BCUT2D eigenvalue weighted by Crippen LogP contribution is -2.65. The first-order valence-corrected chi connectivity index (χ1v) is 14.2. The van der Waals surface area contributed by atoms with E-state index in [0.717, 1.165) is 64.5 Å². The molecule has 4 aliphatic rings. The highest BCUT2D eigenvalue weighted by molar-refractivity contribution is 5.71. The Morgan fingerprint density at radius 3 is 2.51 bits per heavy atom. The number of hydrogen-bond acceptors (Lipinski definition) is 7. The van der Waals surface area contributed by atoms with Crippen molar-refractivity contribution >= 4 is 6.21 Å². The summed E-state index contributed by atoms with van der Waals surface area (Å²) in [6, 6.07) is 0. The van der Waals surface area contributed by atoms with Gasteiger partial charge in [0.25, 0.3) is 0 Å². The molecular weight excluding hydrogens is 442 g/mol. The maximum Gasteiger partial charge on any atom is 0.118 e. The van der Waals surface area contributed by atoms with Crippen LogP contribution >= 0.6 is 0 Å². The predicted molar refractivity (Wildman–Crippen MR) is 139 cm³/mol. The number of fused-ring (bicyclic) bond motifs is 5. The van der Waals surface area contributed by atoms with Crippen molar-refractivity contribution in [3.63, 3.8) is 0 Å². The molecule has 4 N–H and O–H groups in total. The third-order valence-corrected chi connectivity index (χ3v) is 10.9. The minimum absolute atomic E-state index is 0.237. The fourth-order valence-corrected chi connectivity index (χ4v) is 8.55. The molecule has 4 rings (SSSR count). The molecule has 35 heavy (non-hydrogen) atoms. The molecule has 4 aliphatic carbocycles. The summed E-state index contributed by atoms with van der Waals surface area (Å²) in [6.45, 7) is 7.53. The minimum atomic E-state index is -1.12. The number of nitrogens with zero attached hydrogens (tertiary/aromatic N) is 2. The Bertz CT molecular complexity index is 750. The van der Waals surface area contributed by atoms with Crippen molar-refractivity contribution in [1.82, 2.24) is 4.90 Å². The van der Waals surface area contributed by atoms with E-state index in [1.165, 1.54) is 6.42 Å². The fourth-order valence-electron chi connectivity index (χ4n) is 8.55. The summed E-state index contributed by atoms with van der Waals surface area (Å²) in [4.78, 5) is 7.61. The van der Waals surface area contributed by atoms with Crippen molar-refractivity contribution in [2.24, 2.45) is 39.5 Å². The summed E-state index contributed by atoms with van der Waals surface area (Å²) >= 11 is 0. The maximum absolute atomic E-state index is 12.3. The summed E-state index contributed by atoms with van der Waals surface area (Å²) in [5.74, 6) is 1.40. The van der Waals surface area contributed by atoms with Crippen LogP contribution in [0.15, 0.2) is 5.16 Å². The van der Waals surface area contributed by atoms with E-state index in [1.807, 2.05) is 14.1 Å². The third kappa shape index (κ3) is 4.81. The summed E-state index contributed by atoms with van der Waals surface area (Å²) in [5, 5.41) is 28.2. The molecule has 0 unspecified atom stereocenters. The van der Waals surface area contributed by atoms with Gasteiger partial charge >= 0.3 is 0 Å². The molecule has 0 aliphatic heterocycles. The van der Waals surface area contributed by atoms with Gasteiger partial charge in [0.15, 0.2) is 0 Å². The normalized spacial score (nSPS) is 45.4. The second-order valence-corrected chi connectivity index (χ2v) is 12.8. The van der Waals surface area contributed by atoms with E-state index in [0.29, 0.717) is 43.9 Å². The van der Waals surface area contributed by atoms with Gasteiger partial charge < -0.3 is 30.4 Å². The first-order chi connectivity index (χ1) is 16.6. The Balaban J connectivity index is 1.43. The summed E-state index contributed by atoms with van der Waals surface area (Å²) in [5.41, 5.74) is 3.32. The molecule has 7 nitrogen and oxygen atoms in total. The standard InChI is InChI=1S/C28H51N3O4/c1-25-11-9-22(34-17-5-15-29)19-21(25)7-8-24-23(25)10-12-26(2)27(32,13-14-28(24,26)33)20-30-35-18-6-16-31(3)4/h20-24,32-33H,5-19,29H2,1-4H3/b30-20+/t21-,22+,23+,24-,25+,26-,27+,28+/m1/s1.